The average molecular weight is 306 g/mol. The molecule has 3 rings (SSSR count). The lowest BCUT2D eigenvalue weighted by molar-refractivity contribution is 0.0655. The fourth-order valence-corrected chi connectivity index (χ4v) is 4.34. The molecule has 3 heterocycles. The highest BCUT2D eigenvalue weighted by molar-refractivity contribution is 7.12. The molecule has 1 saturated heterocycles. The number of rotatable bonds is 3. The summed E-state index contributed by atoms with van der Waals surface area (Å²) in [6.07, 6.45) is 2.03. The molecule has 3 nitrogen and oxygen atoms in total. The zero-order valence-corrected chi connectivity index (χ0v) is 12.8. The van der Waals surface area contributed by atoms with E-state index in [4.69, 9.17) is 5.73 Å². The number of thiophene rings is 2. The molecule has 1 aliphatic rings. The van der Waals surface area contributed by atoms with E-state index in [9.17, 15) is 4.79 Å². The molecule has 20 heavy (non-hydrogen) atoms. The maximum Gasteiger partial charge on any atom is 0.263 e. The van der Waals surface area contributed by atoms with Crippen molar-refractivity contribution >= 4 is 28.6 Å². The lowest BCUT2D eigenvalue weighted by atomic mass is 9.91. The van der Waals surface area contributed by atoms with E-state index in [1.165, 1.54) is 16.2 Å². The van der Waals surface area contributed by atoms with Crippen LogP contribution in [0.1, 0.15) is 21.0 Å². The van der Waals surface area contributed by atoms with Gasteiger partial charge in [0.05, 0.1) is 4.88 Å². The SMILES string of the molecule is NC1CC(Cc2cccs2)CN(C(=O)c2cccs2)C1. The number of nitrogens with two attached hydrogens (primary N) is 1. The highest BCUT2D eigenvalue weighted by atomic mass is 32.1. The van der Waals surface area contributed by atoms with Crippen LogP contribution in [0.4, 0.5) is 0 Å². The largest absolute Gasteiger partial charge is 0.336 e. The van der Waals surface area contributed by atoms with Gasteiger partial charge >= 0.3 is 0 Å². The lowest BCUT2D eigenvalue weighted by Crippen LogP contribution is -2.49. The zero-order valence-electron chi connectivity index (χ0n) is 11.2. The Bertz CT molecular complexity index is 550. The third-order valence-corrected chi connectivity index (χ3v) is 5.42. The molecule has 106 valence electrons. The first-order valence-corrected chi connectivity index (χ1v) is 8.59. The summed E-state index contributed by atoms with van der Waals surface area (Å²) in [4.78, 5) is 16.6. The molecule has 2 unspecified atom stereocenters. The molecule has 1 aliphatic heterocycles. The van der Waals surface area contributed by atoms with Crippen LogP contribution in [0.3, 0.4) is 0 Å². The van der Waals surface area contributed by atoms with Crippen molar-refractivity contribution < 1.29 is 4.79 Å². The minimum absolute atomic E-state index is 0.0950. The second kappa shape index (κ2) is 6.08. The van der Waals surface area contributed by atoms with E-state index in [2.05, 4.69) is 17.5 Å². The summed E-state index contributed by atoms with van der Waals surface area (Å²) in [5.74, 6) is 0.604. The van der Waals surface area contributed by atoms with Crippen molar-refractivity contribution in [1.29, 1.82) is 0 Å². The zero-order chi connectivity index (χ0) is 13.9. The molecule has 2 atom stereocenters. The summed E-state index contributed by atoms with van der Waals surface area (Å²) in [7, 11) is 0. The fourth-order valence-electron chi connectivity index (χ4n) is 2.83. The van der Waals surface area contributed by atoms with Crippen LogP contribution in [-0.4, -0.2) is 29.9 Å². The van der Waals surface area contributed by atoms with Crippen molar-refractivity contribution in [1.82, 2.24) is 4.90 Å². The standard InChI is InChI=1S/C15H18N2OS2/c16-12-7-11(8-13-3-1-5-19-13)9-17(10-12)15(18)14-4-2-6-20-14/h1-6,11-12H,7-10,16H2. The number of carbonyl (C=O) groups is 1. The minimum atomic E-state index is 0.0950. The smallest absolute Gasteiger partial charge is 0.263 e. The van der Waals surface area contributed by atoms with Gasteiger partial charge in [0.1, 0.15) is 0 Å². The Morgan fingerprint density at radius 2 is 2.05 bits per heavy atom. The normalized spacial score (nSPS) is 22.9. The highest BCUT2D eigenvalue weighted by Gasteiger charge is 2.29. The van der Waals surface area contributed by atoms with Gasteiger partial charge in [-0.3, -0.25) is 4.79 Å². The van der Waals surface area contributed by atoms with E-state index >= 15 is 0 Å². The molecular formula is C15H18N2OS2. The van der Waals surface area contributed by atoms with Gasteiger partial charge in [-0.1, -0.05) is 12.1 Å². The Labute approximate surface area is 127 Å². The molecule has 2 aromatic rings. The second-order valence-electron chi connectivity index (χ2n) is 5.33. The minimum Gasteiger partial charge on any atom is -0.336 e. The van der Waals surface area contributed by atoms with Crippen molar-refractivity contribution in [3.05, 3.63) is 44.8 Å². The first-order valence-electron chi connectivity index (χ1n) is 6.83. The average Bonchev–Trinajstić information content (AvgIpc) is 3.09. The number of piperidine rings is 1. The van der Waals surface area contributed by atoms with Crippen molar-refractivity contribution in [3.8, 4) is 0 Å². The van der Waals surface area contributed by atoms with Crippen LogP contribution in [-0.2, 0) is 6.42 Å². The summed E-state index contributed by atoms with van der Waals surface area (Å²) < 4.78 is 0. The second-order valence-corrected chi connectivity index (χ2v) is 7.31. The first-order chi connectivity index (χ1) is 9.72. The number of carbonyl (C=O) groups excluding carboxylic acids is 1. The van der Waals surface area contributed by atoms with Crippen LogP contribution < -0.4 is 5.73 Å². The van der Waals surface area contributed by atoms with Gasteiger partial charge in [0.15, 0.2) is 0 Å². The number of amides is 1. The van der Waals surface area contributed by atoms with Gasteiger partial charge in [0, 0.05) is 24.0 Å². The molecular weight excluding hydrogens is 288 g/mol. The van der Waals surface area contributed by atoms with E-state index in [0.29, 0.717) is 12.5 Å². The number of likely N-dealkylation sites (tertiary alicyclic amines) is 1. The summed E-state index contributed by atoms with van der Waals surface area (Å²) in [6, 6.07) is 8.15. The molecule has 0 spiro atoms. The van der Waals surface area contributed by atoms with E-state index in [0.717, 1.165) is 24.3 Å². The molecule has 0 bridgehead atoms. The Hall–Kier alpha value is -1.17. The summed E-state index contributed by atoms with van der Waals surface area (Å²) in [6.45, 7) is 1.50. The van der Waals surface area contributed by atoms with E-state index in [1.807, 2.05) is 22.4 Å². The molecule has 1 amide bonds. The summed E-state index contributed by atoms with van der Waals surface area (Å²) in [5, 5.41) is 4.05. The fraction of sp³-hybridized carbons (Fsp3) is 0.400. The third kappa shape index (κ3) is 3.11. The number of hydrogen-bond donors (Lipinski definition) is 1. The first kappa shape index (κ1) is 13.8. The van der Waals surface area contributed by atoms with Gasteiger partial charge in [-0.2, -0.15) is 0 Å². The van der Waals surface area contributed by atoms with Gasteiger partial charge in [-0.05, 0) is 41.7 Å². The van der Waals surface area contributed by atoms with Gasteiger partial charge < -0.3 is 10.6 Å². The molecule has 1 fully saturated rings. The Morgan fingerprint density at radius 1 is 1.25 bits per heavy atom. The van der Waals surface area contributed by atoms with Crippen LogP contribution in [0.5, 0.6) is 0 Å². The van der Waals surface area contributed by atoms with Crippen molar-refractivity contribution in [3.63, 3.8) is 0 Å². The van der Waals surface area contributed by atoms with Gasteiger partial charge in [-0.15, -0.1) is 22.7 Å². The van der Waals surface area contributed by atoms with E-state index in [-0.39, 0.29) is 11.9 Å². The molecule has 5 heteroatoms. The Kier molecular flexibility index (Phi) is 4.19. The van der Waals surface area contributed by atoms with Crippen LogP contribution in [0.15, 0.2) is 35.0 Å². The lowest BCUT2D eigenvalue weighted by Gasteiger charge is -2.36. The quantitative estimate of drug-likeness (QED) is 0.948. The predicted molar refractivity (Wildman–Crippen MR) is 84.3 cm³/mol. The van der Waals surface area contributed by atoms with Crippen LogP contribution in [0, 0.1) is 5.92 Å². The summed E-state index contributed by atoms with van der Waals surface area (Å²) >= 11 is 3.29. The topological polar surface area (TPSA) is 46.3 Å². The Balaban J connectivity index is 1.68. The van der Waals surface area contributed by atoms with Crippen LogP contribution in [0.2, 0.25) is 0 Å². The molecule has 0 aliphatic carbocycles. The predicted octanol–water partition coefficient (Wildman–Crippen LogP) is 2.84. The van der Waals surface area contributed by atoms with Gasteiger partial charge in [-0.25, -0.2) is 0 Å². The van der Waals surface area contributed by atoms with E-state index < -0.39 is 0 Å². The maximum absolute atomic E-state index is 12.4. The van der Waals surface area contributed by atoms with E-state index in [1.54, 1.807) is 11.3 Å². The molecule has 2 N–H and O–H groups in total. The highest BCUT2D eigenvalue weighted by Crippen LogP contribution is 2.24. The van der Waals surface area contributed by atoms with Crippen LogP contribution >= 0.6 is 22.7 Å². The third-order valence-electron chi connectivity index (χ3n) is 3.66. The van der Waals surface area contributed by atoms with Crippen molar-refractivity contribution in [2.24, 2.45) is 11.7 Å². The van der Waals surface area contributed by atoms with Crippen molar-refractivity contribution in [2.75, 3.05) is 13.1 Å². The molecule has 2 aromatic heterocycles. The van der Waals surface area contributed by atoms with Gasteiger partial charge in [0.25, 0.3) is 5.91 Å². The van der Waals surface area contributed by atoms with Crippen LogP contribution in [0.25, 0.3) is 0 Å². The van der Waals surface area contributed by atoms with Gasteiger partial charge in [0.2, 0.25) is 0 Å². The maximum atomic E-state index is 12.4. The monoisotopic (exact) mass is 306 g/mol. The van der Waals surface area contributed by atoms with Crippen molar-refractivity contribution in [2.45, 2.75) is 18.9 Å². The number of nitrogens with zero attached hydrogens (tertiary/aromatic N) is 1. The number of hydrogen-bond acceptors (Lipinski definition) is 4. The summed E-state index contributed by atoms with van der Waals surface area (Å²) in [5.41, 5.74) is 6.15. The molecule has 0 radical (unpaired) electrons. The molecule has 0 saturated carbocycles. The Morgan fingerprint density at radius 3 is 2.75 bits per heavy atom. The molecule has 0 aromatic carbocycles.